The number of hydrogen-bond acceptors (Lipinski definition) is 7. The summed E-state index contributed by atoms with van der Waals surface area (Å²) in [5.74, 6) is -2.55. The first kappa shape index (κ1) is 32.2. The predicted octanol–water partition coefficient (Wildman–Crippen LogP) is 3.39. The number of nitrogens with one attached hydrogen (secondary N) is 1. The second-order valence-electron chi connectivity index (χ2n) is 11.5. The maximum atomic E-state index is 13.8. The van der Waals surface area contributed by atoms with E-state index in [1.807, 2.05) is 29.2 Å². The maximum absolute atomic E-state index is 13.8. The number of carboxylic acid groups (broad SMARTS) is 1. The van der Waals surface area contributed by atoms with Crippen LogP contribution in [0.15, 0.2) is 47.4 Å². The third-order valence-corrected chi connectivity index (χ3v) is 10.7. The number of fused-ring (bicyclic) bond motifs is 1. The number of carbonyl (C=O) groups excluding carboxylic acids is 3. The van der Waals surface area contributed by atoms with Crippen molar-refractivity contribution < 1.29 is 32.7 Å². The minimum absolute atomic E-state index is 0.00607. The number of nitrogens with zero attached hydrogens (tertiary/aromatic N) is 3. The molecule has 0 bridgehead atoms. The zero-order chi connectivity index (χ0) is 31.6. The predicted molar refractivity (Wildman–Crippen MR) is 163 cm³/mol. The molecule has 3 aliphatic rings. The van der Waals surface area contributed by atoms with Crippen LogP contribution in [0.5, 0.6) is 0 Å². The Balaban J connectivity index is 1.24. The number of sulfonamides is 1. The number of likely N-dealkylation sites (tertiary alicyclic amines) is 1. The molecule has 14 heteroatoms. The highest BCUT2D eigenvalue weighted by atomic mass is 35.5. The third-order valence-electron chi connectivity index (χ3n) is 8.51. The van der Waals surface area contributed by atoms with E-state index in [2.05, 4.69) is 5.32 Å². The monoisotopic (exact) mass is 664 g/mol. The van der Waals surface area contributed by atoms with Crippen LogP contribution >= 0.6 is 23.2 Å². The van der Waals surface area contributed by atoms with Crippen molar-refractivity contribution in [1.29, 1.82) is 0 Å². The third kappa shape index (κ3) is 6.88. The van der Waals surface area contributed by atoms with Crippen molar-refractivity contribution in [3.8, 4) is 0 Å². The molecule has 0 spiro atoms. The molecule has 0 aliphatic carbocycles. The van der Waals surface area contributed by atoms with Crippen molar-refractivity contribution in [2.45, 2.75) is 62.0 Å². The molecule has 0 saturated carbocycles. The molecule has 2 saturated heterocycles. The van der Waals surface area contributed by atoms with Crippen molar-refractivity contribution in [2.24, 2.45) is 5.92 Å². The minimum atomic E-state index is -4.71. The van der Waals surface area contributed by atoms with Gasteiger partial charge < -0.3 is 20.2 Å². The van der Waals surface area contributed by atoms with Gasteiger partial charge in [0.15, 0.2) is 0 Å². The van der Waals surface area contributed by atoms with Gasteiger partial charge in [-0.05, 0) is 74.4 Å². The molecule has 2 fully saturated rings. The van der Waals surface area contributed by atoms with Gasteiger partial charge in [0.2, 0.25) is 5.91 Å². The summed E-state index contributed by atoms with van der Waals surface area (Å²) in [6.45, 7) is 2.52. The minimum Gasteiger partial charge on any atom is -0.480 e. The van der Waals surface area contributed by atoms with Crippen molar-refractivity contribution in [3.63, 3.8) is 0 Å². The van der Waals surface area contributed by atoms with Crippen molar-refractivity contribution in [1.82, 2.24) is 19.4 Å². The van der Waals surface area contributed by atoms with Crippen molar-refractivity contribution >= 4 is 56.9 Å². The second-order valence-corrected chi connectivity index (χ2v) is 14.1. The maximum Gasteiger partial charge on any atom is 0.327 e. The average Bonchev–Trinajstić information content (AvgIpc) is 3.63. The van der Waals surface area contributed by atoms with Gasteiger partial charge in [-0.1, -0.05) is 41.4 Å². The summed E-state index contributed by atoms with van der Waals surface area (Å²) in [7, 11) is -4.71. The lowest BCUT2D eigenvalue weighted by Crippen LogP contribution is -2.54. The van der Waals surface area contributed by atoms with Crippen LogP contribution in [0.25, 0.3) is 0 Å². The summed E-state index contributed by atoms with van der Waals surface area (Å²) in [6.07, 6.45) is 1.65. The molecule has 3 heterocycles. The largest absolute Gasteiger partial charge is 0.480 e. The summed E-state index contributed by atoms with van der Waals surface area (Å²) in [4.78, 5) is 55.0. The Morgan fingerprint density at radius 2 is 1.73 bits per heavy atom. The van der Waals surface area contributed by atoms with E-state index in [-0.39, 0.29) is 34.2 Å². The number of piperidine rings is 1. The second kappa shape index (κ2) is 13.4. The summed E-state index contributed by atoms with van der Waals surface area (Å²) >= 11 is 12.1. The lowest BCUT2D eigenvalue weighted by Gasteiger charge is -2.34. The lowest BCUT2D eigenvalue weighted by molar-refractivity contribution is -0.147. The van der Waals surface area contributed by atoms with Gasteiger partial charge in [-0.2, -0.15) is 0 Å². The molecule has 0 aromatic heterocycles. The first-order valence-corrected chi connectivity index (χ1v) is 16.8. The molecule has 2 aromatic carbocycles. The number of amides is 3. The van der Waals surface area contributed by atoms with Gasteiger partial charge in [-0.25, -0.2) is 17.5 Å². The number of hydrogen-bond donors (Lipinski definition) is 2. The Morgan fingerprint density at radius 1 is 1.05 bits per heavy atom. The molecular weight excluding hydrogens is 631 g/mol. The topological polar surface area (TPSA) is 144 Å². The number of carbonyl (C=O) groups is 4. The molecule has 236 valence electrons. The Hall–Kier alpha value is -3.19. The van der Waals surface area contributed by atoms with E-state index in [0.29, 0.717) is 62.7 Å². The average molecular weight is 666 g/mol. The molecule has 5 rings (SSSR count). The van der Waals surface area contributed by atoms with Gasteiger partial charge in [-0.15, -0.1) is 0 Å². The standard InChI is InChI=1S/C30H34Cl2N4O7S/c31-21-14-22(32)16-23(15-21)44(42,43)36(29(39)25-6-3-11-33-25)26(30(40)41)7-8-27(37)34-12-9-19(10-13-34)17-35-18-20-4-1-2-5-24(20)28(35)38/h1-2,4-5,14-16,19,25-26,33H,3,6-13,17-18H2,(H,40,41)/t25-,26+/m1/s1. The number of carboxylic acids is 1. The quantitative estimate of drug-likeness (QED) is 0.393. The Labute approximate surface area is 266 Å². The fourth-order valence-corrected chi connectivity index (χ4v) is 8.51. The normalized spacial score (nSPS) is 19.6. The molecule has 0 radical (unpaired) electrons. The molecule has 3 aliphatic heterocycles. The summed E-state index contributed by atoms with van der Waals surface area (Å²) in [6, 6.07) is 8.38. The highest BCUT2D eigenvalue weighted by Crippen LogP contribution is 2.30. The van der Waals surface area contributed by atoms with Crippen LogP contribution in [0.1, 0.15) is 54.4 Å². The van der Waals surface area contributed by atoms with E-state index >= 15 is 0 Å². The molecular formula is C30H34Cl2N4O7S. The number of benzene rings is 2. The molecule has 3 amide bonds. The molecule has 2 aromatic rings. The highest BCUT2D eigenvalue weighted by Gasteiger charge is 2.43. The molecule has 0 unspecified atom stereocenters. The molecule has 11 nitrogen and oxygen atoms in total. The Morgan fingerprint density at radius 3 is 2.34 bits per heavy atom. The molecule has 2 atom stereocenters. The molecule has 44 heavy (non-hydrogen) atoms. The van der Waals surface area contributed by atoms with Crippen LogP contribution in [-0.4, -0.2) is 89.6 Å². The van der Waals surface area contributed by atoms with Crippen LogP contribution in [0.3, 0.4) is 0 Å². The first-order chi connectivity index (χ1) is 21.0. The summed E-state index contributed by atoms with van der Waals surface area (Å²) in [5, 5.41) is 13.1. The van der Waals surface area contributed by atoms with Crippen LogP contribution in [0.2, 0.25) is 10.0 Å². The first-order valence-electron chi connectivity index (χ1n) is 14.6. The smallest absolute Gasteiger partial charge is 0.327 e. The summed E-state index contributed by atoms with van der Waals surface area (Å²) < 4.78 is 27.9. The van der Waals surface area contributed by atoms with Crippen LogP contribution in [0, 0.1) is 5.92 Å². The number of rotatable bonds is 10. The fourth-order valence-electron chi connectivity index (χ4n) is 6.18. The van der Waals surface area contributed by atoms with E-state index in [4.69, 9.17) is 23.2 Å². The van der Waals surface area contributed by atoms with Gasteiger partial charge in [-0.3, -0.25) is 14.4 Å². The fraction of sp³-hybridized carbons (Fsp3) is 0.467. The molecule has 2 N–H and O–H groups in total. The number of halogens is 2. The van der Waals surface area contributed by atoms with Gasteiger partial charge in [0.25, 0.3) is 21.8 Å². The highest BCUT2D eigenvalue weighted by molar-refractivity contribution is 7.89. The van der Waals surface area contributed by atoms with E-state index in [0.717, 1.165) is 23.3 Å². The lowest BCUT2D eigenvalue weighted by atomic mass is 9.95. The van der Waals surface area contributed by atoms with Crippen molar-refractivity contribution in [3.05, 3.63) is 63.6 Å². The van der Waals surface area contributed by atoms with E-state index in [9.17, 15) is 32.7 Å². The zero-order valence-corrected chi connectivity index (χ0v) is 26.3. The van der Waals surface area contributed by atoms with E-state index in [1.165, 1.54) is 6.07 Å². The SMILES string of the molecule is O=C(O)[C@H](CCC(=O)N1CCC(CN2Cc3ccccc3C2=O)CC1)N(C(=O)[C@H]1CCCN1)S(=O)(=O)c1cc(Cl)cc(Cl)c1. The zero-order valence-electron chi connectivity index (χ0n) is 24.0. The van der Waals surface area contributed by atoms with E-state index in [1.54, 1.807) is 4.90 Å². The summed E-state index contributed by atoms with van der Waals surface area (Å²) in [5.41, 5.74) is 1.74. The Kier molecular flexibility index (Phi) is 9.83. The van der Waals surface area contributed by atoms with E-state index < -0.39 is 45.3 Å². The number of aliphatic carboxylic acids is 1. The van der Waals surface area contributed by atoms with Gasteiger partial charge in [0.05, 0.1) is 10.9 Å². The van der Waals surface area contributed by atoms with Gasteiger partial charge in [0.1, 0.15) is 6.04 Å². The van der Waals surface area contributed by atoms with Crippen LogP contribution in [-0.2, 0) is 31.0 Å². The van der Waals surface area contributed by atoms with Gasteiger partial charge >= 0.3 is 5.97 Å². The van der Waals surface area contributed by atoms with Gasteiger partial charge in [0, 0.05) is 48.2 Å². The van der Waals surface area contributed by atoms with Crippen LogP contribution in [0.4, 0.5) is 0 Å². The van der Waals surface area contributed by atoms with Crippen LogP contribution < -0.4 is 5.32 Å². The Bertz CT molecular complexity index is 1540. The van der Waals surface area contributed by atoms with Crippen molar-refractivity contribution in [2.75, 3.05) is 26.2 Å².